The van der Waals surface area contributed by atoms with Crippen LogP contribution in [-0.2, 0) is 10.0 Å². The molecule has 0 spiro atoms. The van der Waals surface area contributed by atoms with Gasteiger partial charge in [0.15, 0.2) is 5.96 Å². The molecule has 9 nitrogen and oxygen atoms in total. The molecule has 1 aromatic heterocycles. The molecule has 0 aliphatic carbocycles. The molecule has 1 saturated heterocycles. The van der Waals surface area contributed by atoms with E-state index in [-0.39, 0.29) is 29.7 Å². The summed E-state index contributed by atoms with van der Waals surface area (Å²) in [6, 6.07) is 1.81. The summed E-state index contributed by atoms with van der Waals surface area (Å²) in [5.74, 6) is 1.74. The summed E-state index contributed by atoms with van der Waals surface area (Å²) < 4.78 is 24.9. The number of nitrogens with one attached hydrogen (secondary N) is 1. The molecule has 2 rings (SSSR count). The SMILES string of the molecule is CCS(=O)(=O)N(C)CCCNC(=NC)N1CCN(c2ncccn2)CC1.I. The third-order valence-corrected chi connectivity index (χ3v) is 6.26. The lowest BCUT2D eigenvalue weighted by Crippen LogP contribution is -2.53. The smallest absolute Gasteiger partial charge is 0.225 e. The molecule has 1 aliphatic heterocycles. The highest BCUT2D eigenvalue weighted by Gasteiger charge is 2.21. The van der Waals surface area contributed by atoms with E-state index in [1.807, 2.05) is 6.07 Å². The molecule has 0 radical (unpaired) electrons. The normalized spacial score (nSPS) is 15.6. The summed E-state index contributed by atoms with van der Waals surface area (Å²) in [4.78, 5) is 17.3. The van der Waals surface area contributed by atoms with Crippen LogP contribution in [-0.4, -0.2) is 92.7 Å². The first-order valence-corrected chi connectivity index (χ1v) is 10.5. The van der Waals surface area contributed by atoms with Crippen LogP contribution in [0, 0.1) is 0 Å². The molecule has 0 unspecified atom stereocenters. The van der Waals surface area contributed by atoms with Gasteiger partial charge in [-0.25, -0.2) is 22.7 Å². The van der Waals surface area contributed by atoms with Gasteiger partial charge in [0.25, 0.3) is 0 Å². The van der Waals surface area contributed by atoms with Crippen LogP contribution < -0.4 is 10.2 Å². The third kappa shape index (κ3) is 7.03. The van der Waals surface area contributed by atoms with E-state index >= 15 is 0 Å². The van der Waals surface area contributed by atoms with Crippen molar-refractivity contribution in [3.63, 3.8) is 0 Å². The molecule has 0 amide bonds. The van der Waals surface area contributed by atoms with E-state index in [4.69, 9.17) is 0 Å². The average molecular weight is 511 g/mol. The minimum atomic E-state index is -3.11. The van der Waals surface area contributed by atoms with Gasteiger partial charge in [-0.15, -0.1) is 24.0 Å². The Morgan fingerprint density at radius 2 is 1.89 bits per heavy atom. The van der Waals surface area contributed by atoms with Crippen LogP contribution in [0.3, 0.4) is 0 Å². The number of rotatable bonds is 7. The van der Waals surface area contributed by atoms with Crippen molar-refractivity contribution in [2.45, 2.75) is 13.3 Å². The van der Waals surface area contributed by atoms with Crippen molar-refractivity contribution >= 4 is 45.9 Å². The lowest BCUT2D eigenvalue weighted by Gasteiger charge is -2.36. The number of aromatic nitrogens is 2. The van der Waals surface area contributed by atoms with Gasteiger partial charge in [-0.05, 0) is 19.4 Å². The maximum atomic E-state index is 11.7. The molecule has 2 heterocycles. The lowest BCUT2D eigenvalue weighted by atomic mass is 10.3. The summed E-state index contributed by atoms with van der Waals surface area (Å²) in [5.41, 5.74) is 0. The van der Waals surface area contributed by atoms with E-state index in [1.165, 1.54) is 4.31 Å². The van der Waals surface area contributed by atoms with Gasteiger partial charge in [0, 0.05) is 65.8 Å². The van der Waals surface area contributed by atoms with Crippen LogP contribution in [0.2, 0.25) is 0 Å². The fourth-order valence-corrected chi connectivity index (χ4v) is 3.61. The van der Waals surface area contributed by atoms with E-state index in [0.717, 1.165) is 44.5 Å². The van der Waals surface area contributed by atoms with Gasteiger partial charge in [0.05, 0.1) is 5.75 Å². The Labute approximate surface area is 179 Å². The Bertz CT molecular complexity index is 679. The molecule has 11 heteroatoms. The predicted octanol–water partition coefficient (Wildman–Crippen LogP) is 0.464. The molecule has 1 fully saturated rings. The summed E-state index contributed by atoms with van der Waals surface area (Å²) in [7, 11) is 0.280. The summed E-state index contributed by atoms with van der Waals surface area (Å²) >= 11 is 0. The zero-order valence-electron chi connectivity index (χ0n) is 16.2. The zero-order chi connectivity index (χ0) is 19.0. The highest BCUT2D eigenvalue weighted by atomic mass is 127. The average Bonchev–Trinajstić information content (AvgIpc) is 2.68. The first-order chi connectivity index (χ1) is 12.5. The molecular weight excluding hydrogens is 481 g/mol. The number of nitrogens with zero attached hydrogens (tertiary/aromatic N) is 6. The predicted molar refractivity (Wildman–Crippen MR) is 119 cm³/mol. The van der Waals surface area contributed by atoms with E-state index in [0.29, 0.717) is 13.1 Å². The molecule has 1 aromatic rings. The Morgan fingerprint density at radius 3 is 2.44 bits per heavy atom. The van der Waals surface area contributed by atoms with E-state index < -0.39 is 10.0 Å². The highest BCUT2D eigenvalue weighted by molar-refractivity contribution is 14.0. The van der Waals surface area contributed by atoms with Crippen molar-refractivity contribution in [3.05, 3.63) is 18.5 Å². The molecule has 1 N–H and O–H groups in total. The highest BCUT2D eigenvalue weighted by Crippen LogP contribution is 2.09. The maximum Gasteiger partial charge on any atom is 0.225 e. The molecule has 27 heavy (non-hydrogen) atoms. The van der Waals surface area contributed by atoms with Crippen LogP contribution in [0.15, 0.2) is 23.5 Å². The van der Waals surface area contributed by atoms with E-state index in [1.54, 1.807) is 33.4 Å². The van der Waals surface area contributed by atoms with Crippen LogP contribution >= 0.6 is 24.0 Å². The van der Waals surface area contributed by atoms with Gasteiger partial charge >= 0.3 is 0 Å². The Balaban J connectivity index is 0.00000364. The monoisotopic (exact) mass is 511 g/mol. The van der Waals surface area contributed by atoms with Crippen molar-refractivity contribution < 1.29 is 8.42 Å². The van der Waals surface area contributed by atoms with Gasteiger partial charge in [0.2, 0.25) is 16.0 Å². The summed E-state index contributed by atoms with van der Waals surface area (Å²) in [5, 5.41) is 3.32. The second-order valence-corrected chi connectivity index (χ2v) is 8.44. The van der Waals surface area contributed by atoms with Crippen molar-refractivity contribution in [2.75, 3.05) is 64.0 Å². The minimum absolute atomic E-state index is 0. The summed E-state index contributed by atoms with van der Waals surface area (Å²) in [6.07, 6.45) is 4.24. The van der Waals surface area contributed by atoms with Crippen LogP contribution in [0.5, 0.6) is 0 Å². The molecule has 0 atom stereocenters. The zero-order valence-corrected chi connectivity index (χ0v) is 19.4. The number of anilines is 1. The van der Waals surface area contributed by atoms with Gasteiger partial charge in [-0.2, -0.15) is 0 Å². The number of aliphatic imine (C=N–C) groups is 1. The van der Waals surface area contributed by atoms with Gasteiger partial charge in [0.1, 0.15) is 0 Å². The molecular formula is C16H30IN7O2S. The van der Waals surface area contributed by atoms with Gasteiger partial charge in [-0.3, -0.25) is 4.99 Å². The van der Waals surface area contributed by atoms with Crippen molar-refractivity contribution in [1.82, 2.24) is 24.5 Å². The topological polar surface area (TPSA) is 94.0 Å². The minimum Gasteiger partial charge on any atom is -0.356 e. The van der Waals surface area contributed by atoms with Gasteiger partial charge < -0.3 is 15.1 Å². The number of guanidine groups is 1. The van der Waals surface area contributed by atoms with Crippen LogP contribution in [0.4, 0.5) is 5.95 Å². The standard InChI is InChI=1S/C16H29N7O2S.HI/c1-4-26(24,25)21(3)10-6-9-18-15(17-2)22-11-13-23(14-12-22)16-19-7-5-8-20-16;/h5,7-8H,4,6,9-14H2,1-3H3,(H,17,18);1H. The largest absolute Gasteiger partial charge is 0.356 e. The Morgan fingerprint density at radius 1 is 1.26 bits per heavy atom. The first-order valence-electron chi connectivity index (χ1n) is 8.89. The number of halogens is 1. The van der Waals surface area contributed by atoms with Crippen LogP contribution in [0.1, 0.15) is 13.3 Å². The molecule has 154 valence electrons. The van der Waals surface area contributed by atoms with Crippen molar-refractivity contribution in [2.24, 2.45) is 4.99 Å². The first kappa shape index (κ1) is 23.8. The van der Waals surface area contributed by atoms with Gasteiger partial charge in [-0.1, -0.05) is 0 Å². The number of hydrogen-bond donors (Lipinski definition) is 1. The third-order valence-electron chi connectivity index (χ3n) is 4.40. The second-order valence-electron chi connectivity index (χ2n) is 6.07. The van der Waals surface area contributed by atoms with Crippen LogP contribution in [0.25, 0.3) is 0 Å². The quantitative estimate of drug-likeness (QED) is 0.246. The Kier molecular flexibility index (Phi) is 10.2. The molecule has 0 aromatic carbocycles. The summed E-state index contributed by atoms with van der Waals surface area (Å²) in [6.45, 7) is 6.18. The Hall–Kier alpha value is -1.21. The number of sulfonamides is 1. The molecule has 0 saturated carbocycles. The molecule has 1 aliphatic rings. The van der Waals surface area contributed by atoms with Crippen molar-refractivity contribution in [3.8, 4) is 0 Å². The van der Waals surface area contributed by atoms with E-state index in [2.05, 4.69) is 30.1 Å². The van der Waals surface area contributed by atoms with E-state index in [9.17, 15) is 8.42 Å². The molecule has 0 bridgehead atoms. The lowest BCUT2D eigenvalue weighted by molar-refractivity contribution is 0.369. The number of hydrogen-bond acceptors (Lipinski definition) is 6. The van der Waals surface area contributed by atoms with Crippen molar-refractivity contribution in [1.29, 1.82) is 0 Å². The fraction of sp³-hybridized carbons (Fsp3) is 0.688. The second kappa shape index (κ2) is 11.6. The number of piperazine rings is 1. The fourth-order valence-electron chi connectivity index (χ4n) is 2.77. The maximum absolute atomic E-state index is 11.7.